The Morgan fingerprint density at radius 1 is 1.28 bits per heavy atom. The van der Waals surface area contributed by atoms with Crippen molar-refractivity contribution in [3.63, 3.8) is 0 Å². The molecule has 0 spiro atoms. The van der Waals surface area contributed by atoms with E-state index in [0.29, 0.717) is 30.9 Å². The van der Waals surface area contributed by atoms with Crippen LogP contribution in [0.1, 0.15) is 44.2 Å². The molecular formula is C22H35IN4O2. The molecule has 0 amide bonds. The summed E-state index contributed by atoms with van der Waals surface area (Å²) < 4.78 is 11.6. The zero-order valence-electron chi connectivity index (χ0n) is 17.6. The van der Waals surface area contributed by atoms with Crippen molar-refractivity contribution in [3.8, 4) is 0 Å². The number of nitrogens with zero attached hydrogens (tertiary/aromatic N) is 2. The number of rotatable bonds is 6. The van der Waals surface area contributed by atoms with Crippen LogP contribution in [0.15, 0.2) is 29.3 Å². The molecule has 3 heterocycles. The first-order chi connectivity index (χ1) is 13.7. The molecule has 4 atom stereocenters. The zero-order chi connectivity index (χ0) is 19.3. The Morgan fingerprint density at radius 2 is 2.14 bits per heavy atom. The predicted molar refractivity (Wildman–Crippen MR) is 127 cm³/mol. The largest absolute Gasteiger partial charge is 0.376 e. The van der Waals surface area contributed by atoms with Gasteiger partial charge in [0.2, 0.25) is 0 Å². The van der Waals surface area contributed by atoms with Crippen molar-refractivity contribution >= 4 is 29.9 Å². The van der Waals surface area contributed by atoms with Crippen LogP contribution in [-0.2, 0) is 22.6 Å². The predicted octanol–water partition coefficient (Wildman–Crippen LogP) is 2.90. The second-order valence-corrected chi connectivity index (χ2v) is 8.29. The van der Waals surface area contributed by atoms with Gasteiger partial charge in [0, 0.05) is 26.2 Å². The van der Waals surface area contributed by atoms with Gasteiger partial charge >= 0.3 is 0 Å². The quantitative estimate of drug-likeness (QED) is 0.348. The van der Waals surface area contributed by atoms with Crippen LogP contribution in [0.3, 0.4) is 0 Å². The molecule has 3 aliphatic rings. The average molecular weight is 514 g/mol. The van der Waals surface area contributed by atoms with E-state index in [1.165, 1.54) is 24.0 Å². The van der Waals surface area contributed by atoms with Gasteiger partial charge in [0.15, 0.2) is 5.96 Å². The van der Waals surface area contributed by atoms with E-state index >= 15 is 0 Å². The highest BCUT2D eigenvalue weighted by Gasteiger charge is 2.41. The molecule has 3 fully saturated rings. The summed E-state index contributed by atoms with van der Waals surface area (Å²) in [5, 5.41) is 6.98. The number of hydrogen-bond donors (Lipinski definition) is 2. The first-order valence-corrected chi connectivity index (χ1v) is 10.8. The summed E-state index contributed by atoms with van der Waals surface area (Å²) in [5.74, 6) is 0.899. The second kappa shape index (κ2) is 10.9. The van der Waals surface area contributed by atoms with Crippen molar-refractivity contribution in [2.24, 2.45) is 4.99 Å². The average Bonchev–Trinajstić information content (AvgIpc) is 3.30. The van der Waals surface area contributed by atoms with E-state index in [1.807, 2.05) is 0 Å². The molecule has 0 radical (unpaired) electrons. The van der Waals surface area contributed by atoms with E-state index in [1.54, 1.807) is 0 Å². The molecule has 2 N–H and O–H groups in total. The van der Waals surface area contributed by atoms with E-state index in [-0.39, 0.29) is 24.0 Å². The molecule has 2 bridgehead atoms. The first-order valence-electron chi connectivity index (χ1n) is 10.8. The minimum Gasteiger partial charge on any atom is -0.376 e. The third-order valence-electron chi connectivity index (χ3n) is 5.91. The molecule has 0 aliphatic carbocycles. The van der Waals surface area contributed by atoms with Crippen molar-refractivity contribution in [3.05, 3.63) is 35.4 Å². The van der Waals surface area contributed by atoms with Crippen LogP contribution in [0.5, 0.6) is 0 Å². The first kappa shape index (κ1) is 22.8. The fraction of sp³-hybridized carbons (Fsp3) is 0.682. The molecule has 1 aromatic rings. The highest BCUT2D eigenvalue weighted by Crippen LogP contribution is 2.34. The number of nitrogens with one attached hydrogen (secondary N) is 2. The molecule has 4 rings (SSSR count). The number of aliphatic imine (C=N–C) groups is 1. The minimum absolute atomic E-state index is 0. The summed E-state index contributed by atoms with van der Waals surface area (Å²) in [7, 11) is 0. The van der Waals surface area contributed by atoms with Crippen molar-refractivity contribution in [1.29, 1.82) is 0 Å². The lowest BCUT2D eigenvalue weighted by molar-refractivity contribution is -0.0212. The summed E-state index contributed by atoms with van der Waals surface area (Å²) in [4.78, 5) is 7.31. The SMILES string of the molecule is CCNC(=NCc1cccc(CN2CCOC(C)C2)c1)NC1CC2CCC1O2.I. The van der Waals surface area contributed by atoms with Crippen LogP contribution in [0, 0.1) is 0 Å². The molecule has 6 nitrogen and oxygen atoms in total. The van der Waals surface area contributed by atoms with Crippen LogP contribution in [-0.4, -0.2) is 61.5 Å². The van der Waals surface area contributed by atoms with Gasteiger partial charge in [0.05, 0.1) is 37.5 Å². The lowest BCUT2D eigenvalue weighted by Crippen LogP contribution is -2.47. The molecule has 4 unspecified atom stereocenters. The number of ether oxygens (including phenoxy) is 2. The molecule has 7 heteroatoms. The van der Waals surface area contributed by atoms with E-state index in [4.69, 9.17) is 14.5 Å². The lowest BCUT2D eigenvalue weighted by Gasteiger charge is -2.31. The smallest absolute Gasteiger partial charge is 0.191 e. The van der Waals surface area contributed by atoms with Crippen LogP contribution < -0.4 is 10.6 Å². The number of guanidine groups is 1. The van der Waals surface area contributed by atoms with Crippen LogP contribution in [0.4, 0.5) is 0 Å². The fourth-order valence-electron chi connectivity index (χ4n) is 4.57. The summed E-state index contributed by atoms with van der Waals surface area (Å²) >= 11 is 0. The van der Waals surface area contributed by atoms with Gasteiger partial charge in [-0.05, 0) is 44.2 Å². The Kier molecular flexibility index (Phi) is 8.58. The molecule has 162 valence electrons. The van der Waals surface area contributed by atoms with Gasteiger partial charge in [-0.1, -0.05) is 24.3 Å². The molecule has 29 heavy (non-hydrogen) atoms. The Labute approximate surface area is 191 Å². The topological polar surface area (TPSA) is 58.1 Å². The Hall–Kier alpha value is -0.900. The molecule has 3 aliphatic heterocycles. The van der Waals surface area contributed by atoms with E-state index in [2.05, 4.69) is 53.6 Å². The van der Waals surface area contributed by atoms with Gasteiger partial charge in [0.1, 0.15) is 0 Å². The van der Waals surface area contributed by atoms with Gasteiger partial charge < -0.3 is 20.1 Å². The number of halogens is 1. The van der Waals surface area contributed by atoms with E-state index in [0.717, 1.165) is 45.2 Å². The lowest BCUT2D eigenvalue weighted by atomic mass is 9.96. The highest BCUT2D eigenvalue weighted by molar-refractivity contribution is 14.0. The Balaban J connectivity index is 0.00000240. The summed E-state index contributed by atoms with van der Waals surface area (Å²) in [6, 6.07) is 9.20. The summed E-state index contributed by atoms with van der Waals surface area (Å²) in [6.45, 7) is 9.62. The standard InChI is InChI=1S/C22H34N4O2.HI/c1-3-23-22(25-20-12-19-7-8-21(20)28-19)24-13-17-5-4-6-18(11-17)15-26-9-10-27-16(2)14-26;/h4-6,11,16,19-21H,3,7-10,12-15H2,1-2H3,(H2,23,24,25);1H. The van der Waals surface area contributed by atoms with Gasteiger partial charge in [-0.25, -0.2) is 4.99 Å². The fourth-order valence-corrected chi connectivity index (χ4v) is 4.57. The van der Waals surface area contributed by atoms with Gasteiger partial charge in [-0.2, -0.15) is 0 Å². The number of hydrogen-bond acceptors (Lipinski definition) is 4. The van der Waals surface area contributed by atoms with Crippen molar-refractivity contribution in [2.75, 3.05) is 26.2 Å². The summed E-state index contributed by atoms with van der Waals surface area (Å²) in [5.41, 5.74) is 2.60. The van der Waals surface area contributed by atoms with Crippen molar-refractivity contribution in [2.45, 2.75) is 70.6 Å². The van der Waals surface area contributed by atoms with E-state index in [9.17, 15) is 0 Å². The zero-order valence-corrected chi connectivity index (χ0v) is 19.9. The number of benzene rings is 1. The normalized spacial score (nSPS) is 29.5. The Bertz CT molecular complexity index is 687. The maximum Gasteiger partial charge on any atom is 0.191 e. The monoisotopic (exact) mass is 514 g/mol. The maximum atomic E-state index is 5.96. The summed E-state index contributed by atoms with van der Waals surface area (Å²) in [6.07, 6.45) is 4.61. The van der Waals surface area contributed by atoms with E-state index < -0.39 is 0 Å². The van der Waals surface area contributed by atoms with Gasteiger partial charge in [0.25, 0.3) is 0 Å². The van der Waals surface area contributed by atoms with Crippen LogP contribution in [0.25, 0.3) is 0 Å². The number of morpholine rings is 1. The minimum atomic E-state index is 0. The second-order valence-electron chi connectivity index (χ2n) is 8.29. The molecular weight excluding hydrogens is 479 g/mol. The van der Waals surface area contributed by atoms with Crippen LogP contribution >= 0.6 is 24.0 Å². The molecule has 3 saturated heterocycles. The third kappa shape index (κ3) is 6.29. The third-order valence-corrected chi connectivity index (χ3v) is 5.91. The van der Waals surface area contributed by atoms with Gasteiger partial charge in [-0.15, -0.1) is 24.0 Å². The number of fused-ring (bicyclic) bond motifs is 2. The van der Waals surface area contributed by atoms with Crippen molar-refractivity contribution < 1.29 is 9.47 Å². The van der Waals surface area contributed by atoms with Gasteiger partial charge in [-0.3, -0.25) is 4.90 Å². The molecule has 0 aromatic heterocycles. The van der Waals surface area contributed by atoms with Crippen molar-refractivity contribution in [1.82, 2.24) is 15.5 Å². The molecule has 0 saturated carbocycles. The van der Waals surface area contributed by atoms with Crippen LogP contribution in [0.2, 0.25) is 0 Å². The Morgan fingerprint density at radius 3 is 2.86 bits per heavy atom. The molecule has 1 aromatic carbocycles. The highest BCUT2D eigenvalue weighted by atomic mass is 127. The maximum absolute atomic E-state index is 5.96.